The Kier molecular flexibility index (Phi) is 6.24. The van der Waals surface area contributed by atoms with E-state index in [0.717, 1.165) is 35.3 Å². The number of esters is 1. The molecular weight excluding hydrogens is 378 g/mol. The maximum absolute atomic E-state index is 12.6. The second-order valence-corrected chi connectivity index (χ2v) is 8.03. The quantitative estimate of drug-likeness (QED) is 0.708. The molecule has 0 radical (unpaired) electrons. The maximum atomic E-state index is 12.6. The number of carbonyl (C=O) groups excluding carboxylic acids is 2. The first kappa shape index (κ1) is 20.2. The standard InChI is InChI=1S/C21H25NO5S/c1-12(2)27-21(24)19-14-6-5-7-17(14)28-20(19)22-18(23)11-13-8-9-15(25-3)16(10-13)26-4/h8-10,12H,5-7,11H2,1-4H3,(H,22,23). The number of thiophene rings is 1. The summed E-state index contributed by atoms with van der Waals surface area (Å²) in [6.07, 6.45) is 2.78. The monoisotopic (exact) mass is 403 g/mol. The lowest BCUT2D eigenvalue weighted by molar-refractivity contribution is -0.115. The minimum Gasteiger partial charge on any atom is -0.493 e. The molecule has 28 heavy (non-hydrogen) atoms. The zero-order valence-electron chi connectivity index (χ0n) is 16.6. The number of anilines is 1. The molecular formula is C21H25NO5S. The number of carbonyl (C=O) groups is 2. The van der Waals surface area contributed by atoms with Crippen molar-refractivity contribution in [2.75, 3.05) is 19.5 Å². The van der Waals surface area contributed by atoms with Gasteiger partial charge in [-0.1, -0.05) is 6.07 Å². The number of aryl methyl sites for hydroxylation is 1. The Balaban J connectivity index is 1.78. The van der Waals surface area contributed by atoms with Gasteiger partial charge in [0.1, 0.15) is 5.00 Å². The van der Waals surface area contributed by atoms with Gasteiger partial charge in [0.2, 0.25) is 5.91 Å². The lowest BCUT2D eigenvalue weighted by atomic mass is 10.1. The van der Waals surface area contributed by atoms with Gasteiger partial charge < -0.3 is 19.5 Å². The van der Waals surface area contributed by atoms with E-state index in [1.165, 1.54) is 11.3 Å². The summed E-state index contributed by atoms with van der Waals surface area (Å²) in [5, 5.41) is 3.50. The summed E-state index contributed by atoms with van der Waals surface area (Å²) >= 11 is 1.48. The smallest absolute Gasteiger partial charge is 0.341 e. The topological polar surface area (TPSA) is 73.9 Å². The Morgan fingerprint density at radius 2 is 1.89 bits per heavy atom. The number of fused-ring (bicyclic) bond motifs is 1. The largest absolute Gasteiger partial charge is 0.493 e. The number of amides is 1. The predicted molar refractivity (Wildman–Crippen MR) is 109 cm³/mol. The van der Waals surface area contributed by atoms with Crippen molar-refractivity contribution in [2.24, 2.45) is 0 Å². The molecule has 2 aromatic rings. The average molecular weight is 404 g/mol. The molecule has 1 aliphatic carbocycles. The van der Waals surface area contributed by atoms with E-state index in [1.807, 2.05) is 19.9 Å². The van der Waals surface area contributed by atoms with E-state index in [9.17, 15) is 9.59 Å². The van der Waals surface area contributed by atoms with E-state index in [4.69, 9.17) is 14.2 Å². The van der Waals surface area contributed by atoms with E-state index < -0.39 is 0 Å². The molecule has 0 saturated carbocycles. The van der Waals surface area contributed by atoms with Crippen molar-refractivity contribution < 1.29 is 23.8 Å². The highest BCUT2D eigenvalue weighted by Gasteiger charge is 2.28. The molecule has 3 rings (SSSR count). The van der Waals surface area contributed by atoms with Crippen LogP contribution in [0.5, 0.6) is 11.5 Å². The average Bonchev–Trinajstić information content (AvgIpc) is 3.21. The summed E-state index contributed by atoms with van der Waals surface area (Å²) in [7, 11) is 3.12. The van der Waals surface area contributed by atoms with Crippen LogP contribution in [0.3, 0.4) is 0 Å². The molecule has 0 bridgehead atoms. The molecule has 0 saturated heterocycles. The molecule has 0 aliphatic heterocycles. The van der Waals surface area contributed by atoms with Crippen LogP contribution in [0.25, 0.3) is 0 Å². The number of nitrogens with one attached hydrogen (secondary N) is 1. The highest BCUT2D eigenvalue weighted by atomic mass is 32.1. The summed E-state index contributed by atoms with van der Waals surface area (Å²) in [5.41, 5.74) is 2.34. The molecule has 0 spiro atoms. The molecule has 7 heteroatoms. The fourth-order valence-corrected chi connectivity index (χ4v) is 4.62. The van der Waals surface area contributed by atoms with Crippen LogP contribution < -0.4 is 14.8 Å². The van der Waals surface area contributed by atoms with Crippen LogP contribution in [0.1, 0.15) is 46.6 Å². The minimum absolute atomic E-state index is 0.168. The fourth-order valence-electron chi connectivity index (χ4n) is 3.33. The lowest BCUT2D eigenvalue weighted by Crippen LogP contribution is -2.18. The highest BCUT2D eigenvalue weighted by molar-refractivity contribution is 7.17. The Hall–Kier alpha value is -2.54. The number of hydrogen-bond donors (Lipinski definition) is 1. The summed E-state index contributed by atoms with van der Waals surface area (Å²) < 4.78 is 15.9. The van der Waals surface area contributed by atoms with Gasteiger partial charge in [0.25, 0.3) is 0 Å². The molecule has 150 valence electrons. The lowest BCUT2D eigenvalue weighted by Gasteiger charge is -2.12. The van der Waals surface area contributed by atoms with Crippen LogP contribution in [0.2, 0.25) is 0 Å². The van der Waals surface area contributed by atoms with Gasteiger partial charge in [-0.15, -0.1) is 11.3 Å². The summed E-state index contributed by atoms with van der Waals surface area (Å²) in [5.74, 6) is 0.630. The summed E-state index contributed by atoms with van der Waals surface area (Å²) in [4.78, 5) is 26.4. The molecule has 1 heterocycles. The molecule has 1 amide bonds. The van der Waals surface area contributed by atoms with Gasteiger partial charge in [0.15, 0.2) is 11.5 Å². The van der Waals surface area contributed by atoms with Gasteiger partial charge in [-0.05, 0) is 56.4 Å². The maximum Gasteiger partial charge on any atom is 0.341 e. The van der Waals surface area contributed by atoms with Gasteiger partial charge in [-0.2, -0.15) is 0 Å². The number of rotatable bonds is 7. The number of methoxy groups -OCH3 is 2. The van der Waals surface area contributed by atoms with Gasteiger partial charge in [0.05, 0.1) is 32.3 Å². The predicted octanol–water partition coefficient (Wildman–Crippen LogP) is 4.00. The number of hydrogen-bond acceptors (Lipinski definition) is 6. The molecule has 1 N–H and O–H groups in total. The first-order chi connectivity index (χ1) is 13.4. The zero-order chi connectivity index (χ0) is 20.3. The van der Waals surface area contributed by atoms with E-state index in [0.29, 0.717) is 22.1 Å². The van der Waals surface area contributed by atoms with Crippen molar-refractivity contribution in [3.63, 3.8) is 0 Å². The van der Waals surface area contributed by atoms with Crippen LogP contribution in [0.15, 0.2) is 18.2 Å². The van der Waals surface area contributed by atoms with E-state index in [1.54, 1.807) is 26.4 Å². The molecule has 1 aliphatic rings. The Bertz CT molecular complexity index is 887. The van der Waals surface area contributed by atoms with Crippen LogP contribution >= 0.6 is 11.3 Å². The minimum atomic E-state index is -0.365. The van der Waals surface area contributed by atoms with Crippen molar-refractivity contribution in [1.82, 2.24) is 0 Å². The molecule has 0 fully saturated rings. The fraction of sp³-hybridized carbons (Fsp3) is 0.429. The second kappa shape index (κ2) is 8.65. The molecule has 1 aromatic heterocycles. The molecule has 0 unspecified atom stereocenters. The second-order valence-electron chi connectivity index (χ2n) is 6.93. The third-order valence-electron chi connectivity index (χ3n) is 4.53. The van der Waals surface area contributed by atoms with E-state index >= 15 is 0 Å². The van der Waals surface area contributed by atoms with Crippen molar-refractivity contribution in [3.05, 3.63) is 39.8 Å². The van der Waals surface area contributed by atoms with E-state index in [2.05, 4.69) is 5.32 Å². The molecule has 6 nitrogen and oxygen atoms in total. The number of ether oxygens (including phenoxy) is 3. The van der Waals surface area contributed by atoms with Crippen molar-refractivity contribution >= 4 is 28.2 Å². The zero-order valence-corrected chi connectivity index (χ0v) is 17.4. The Morgan fingerprint density at radius 3 is 2.57 bits per heavy atom. The van der Waals surface area contributed by atoms with Crippen LogP contribution in [0.4, 0.5) is 5.00 Å². The number of benzene rings is 1. The first-order valence-electron chi connectivity index (χ1n) is 9.29. The first-order valence-corrected chi connectivity index (χ1v) is 10.1. The third-order valence-corrected chi connectivity index (χ3v) is 5.74. The van der Waals surface area contributed by atoms with E-state index in [-0.39, 0.29) is 24.4 Å². The molecule has 1 aromatic carbocycles. The summed E-state index contributed by atoms with van der Waals surface area (Å²) in [6.45, 7) is 3.64. The van der Waals surface area contributed by atoms with Crippen molar-refractivity contribution in [1.29, 1.82) is 0 Å². The Labute approximate surface area is 168 Å². The van der Waals surface area contributed by atoms with Gasteiger partial charge in [-0.3, -0.25) is 4.79 Å². The van der Waals surface area contributed by atoms with Crippen LogP contribution in [-0.4, -0.2) is 32.2 Å². The van der Waals surface area contributed by atoms with Crippen molar-refractivity contribution in [2.45, 2.75) is 45.6 Å². The van der Waals surface area contributed by atoms with Gasteiger partial charge >= 0.3 is 5.97 Å². The van der Waals surface area contributed by atoms with Gasteiger partial charge in [-0.25, -0.2) is 4.79 Å². The van der Waals surface area contributed by atoms with Crippen molar-refractivity contribution in [3.8, 4) is 11.5 Å². The summed E-state index contributed by atoms with van der Waals surface area (Å²) in [6, 6.07) is 5.37. The Morgan fingerprint density at radius 1 is 1.14 bits per heavy atom. The molecule has 0 atom stereocenters. The van der Waals surface area contributed by atoms with Gasteiger partial charge in [0, 0.05) is 4.88 Å². The van der Waals surface area contributed by atoms with Crippen LogP contribution in [0, 0.1) is 0 Å². The normalized spacial score (nSPS) is 12.6. The third kappa shape index (κ3) is 4.30. The van der Waals surface area contributed by atoms with Crippen LogP contribution in [-0.2, 0) is 28.8 Å². The SMILES string of the molecule is COc1ccc(CC(=O)Nc2sc3c(c2C(=O)OC(C)C)CCC3)cc1OC. The highest BCUT2D eigenvalue weighted by Crippen LogP contribution is 2.39.